The van der Waals surface area contributed by atoms with Crippen molar-refractivity contribution in [1.82, 2.24) is 5.32 Å². The largest absolute Gasteiger partial charge is 0.496 e. The molecule has 0 heterocycles. The first kappa shape index (κ1) is 10.5. The van der Waals surface area contributed by atoms with Crippen LogP contribution in [0, 0.1) is 11.8 Å². The molecule has 1 aliphatic rings. The summed E-state index contributed by atoms with van der Waals surface area (Å²) in [5, 5.41) is 3.41. The maximum atomic E-state index is 5.40. The fourth-order valence-corrected chi connectivity index (χ4v) is 2.34. The minimum absolute atomic E-state index is 0.441. The molecule has 0 bridgehead atoms. The summed E-state index contributed by atoms with van der Waals surface area (Å²) < 4.78 is 5.40. The molecule has 2 nitrogen and oxygen atoms in total. The Hall–Kier alpha value is -1.02. The van der Waals surface area contributed by atoms with E-state index in [2.05, 4.69) is 24.4 Å². The second-order valence-electron chi connectivity index (χ2n) is 4.39. The molecule has 0 radical (unpaired) electrons. The summed E-state index contributed by atoms with van der Waals surface area (Å²) in [4.78, 5) is 0. The number of rotatable bonds is 4. The second-order valence-corrected chi connectivity index (χ2v) is 4.39. The first-order chi connectivity index (χ1) is 7.27. The van der Waals surface area contributed by atoms with Crippen molar-refractivity contribution in [2.24, 2.45) is 11.8 Å². The van der Waals surface area contributed by atoms with Gasteiger partial charge in [0.2, 0.25) is 0 Å². The molecule has 0 saturated heterocycles. The van der Waals surface area contributed by atoms with Crippen molar-refractivity contribution in [3.8, 4) is 5.75 Å². The molecule has 0 amide bonds. The maximum Gasteiger partial charge on any atom is 0.123 e. The fraction of sp³-hybridized carbons (Fsp3) is 0.538. The van der Waals surface area contributed by atoms with Gasteiger partial charge in [0, 0.05) is 11.6 Å². The number of ether oxygens (including phenoxy) is 1. The van der Waals surface area contributed by atoms with Crippen LogP contribution in [-0.2, 0) is 0 Å². The molecule has 1 aromatic rings. The second kappa shape index (κ2) is 4.23. The van der Waals surface area contributed by atoms with Crippen molar-refractivity contribution in [3.05, 3.63) is 29.8 Å². The van der Waals surface area contributed by atoms with Crippen LogP contribution in [-0.4, -0.2) is 14.2 Å². The van der Waals surface area contributed by atoms with E-state index in [9.17, 15) is 0 Å². The van der Waals surface area contributed by atoms with Crippen LogP contribution in [0.3, 0.4) is 0 Å². The lowest BCUT2D eigenvalue weighted by Crippen LogP contribution is -2.19. The van der Waals surface area contributed by atoms with Crippen molar-refractivity contribution in [1.29, 1.82) is 0 Å². The molecule has 82 valence electrons. The van der Waals surface area contributed by atoms with Gasteiger partial charge in [-0.2, -0.15) is 0 Å². The van der Waals surface area contributed by atoms with Crippen LogP contribution in [0.25, 0.3) is 0 Å². The number of methoxy groups -OCH3 is 1. The molecular weight excluding hydrogens is 186 g/mol. The van der Waals surface area contributed by atoms with Gasteiger partial charge in [-0.1, -0.05) is 25.1 Å². The Kier molecular flexibility index (Phi) is 2.96. The SMILES string of the molecule is CNC(c1ccccc1OC)C1CC1C. The monoisotopic (exact) mass is 205 g/mol. The van der Waals surface area contributed by atoms with Crippen LogP contribution in [0.2, 0.25) is 0 Å². The van der Waals surface area contributed by atoms with E-state index in [1.165, 1.54) is 12.0 Å². The van der Waals surface area contributed by atoms with Gasteiger partial charge in [-0.3, -0.25) is 0 Å². The zero-order chi connectivity index (χ0) is 10.8. The number of hydrogen-bond acceptors (Lipinski definition) is 2. The lowest BCUT2D eigenvalue weighted by atomic mass is 10.0. The van der Waals surface area contributed by atoms with Gasteiger partial charge in [-0.15, -0.1) is 0 Å². The van der Waals surface area contributed by atoms with Crippen molar-refractivity contribution in [3.63, 3.8) is 0 Å². The Morgan fingerprint density at radius 2 is 2.07 bits per heavy atom. The molecule has 0 aliphatic heterocycles. The summed E-state index contributed by atoms with van der Waals surface area (Å²) in [6.45, 7) is 2.31. The van der Waals surface area contributed by atoms with Crippen molar-refractivity contribution < 1.29 is 4.74 Å². The van der Waals surface area contributed by atoms with Crippen LogP contribution in [0.1, 0.15) is 24.9 Å². The topological polar surface area (TPSA) is 21.3 Å². The lowest BCUT2D eigenvalue weighted by molar-refractivity contribution is 0.394. The zero-order valence-corrected chi connectivity index (χ0v) is 9.66. The normalized spacial score (nSPS) is 26.1. The standard InChI is InChI=1S/C13H19NO/c1-9-8-11(9)13(14-2)10-6-4-5-7-12(10)15-3/h4-7,9,11,13-14H,8H2,1-3H3. The summed E-state index contributed by atoms with van der Waals surface area (Å²) in [5.41, 5.74) is 1.29. The van der Waals surface area contributed by atoms with Crippen LogP contribution in [0.5, 0.6) is 5.75 Å². The number of hydrogen-bond donors (Lipinski definition) is 1. The van der Waals surface area contributed by atoms with Gasteiger partial charge in [0.15, 0.2) is 0 Å². The van der Waals surface area contributed by atoms with E-state index < -0.39 is 0 Å². The molecule has 1 fully saturated rings. The Labute approximate surface area is 91.6 Å². The van der Waals surface area contributed by atoms with Crippen LogP contribution >= 0.6 is 0 Å². The third-order valence-corrected chi connectivity index (χ3v) is 3.38. The molecule has 1 saturated carbocycles. The minimum Gasteiger partial charge on any atom is -0.496 e. The molecule has 0 spiro atoms. The molecule has 3 unspecified atom stereocenters. The highest BCUT2D eigenvalue weighted by molar-refractivity contribution is 5.37. The van der Waals surface area contributed by atoms with E-state index in [4.69, 9.17) is 4.74 Å². The Bertz CT molecular complexity index is 337. The quantitative estimate of drug-likeness (QED) is 0.815. The third kappa shape index (κ3) is 2.00. The van der Waals surface area contributed by atoms with Crippen LogP contribution in [0.4, 0.5) is 0 Å². The van der Waals surface area contributed by atoms with E-state index >= 15 is 0 Å². The molecular formula is C13H19NO. The molecule has 15 heavy (non-hydrogen) atoms. The van der Waals surface area contributed by atoms with E-state index in [-0.39, 0.29) is 0 Å². The zero-order valence-electron chi connectivity index (χ0n) is 9.66. The summed E-state index contributed by atoms with van der Waals surface area (Å²) >= 11 is 0. The Morgan fingerprint density at radius 1 is 1.40 bits per heavy atom. The maximum absolute atomic E-state index is 5.40. The summed E-state index contributed by atoms with van der Waals surface area (Å²) in [6.07, 6.45) is 1.32. The van der Waals surface area contributed by atoms with E-state index in [1.807, 2.05) is 19.2 Å². The van der Waals surface area contributed by atoms with Crippen LogP contribution < -0.4 is 10.1 Å². The number of nitrogens with one attached hydrogen (secondary N) is 1. The predicted molar refractivity (Wildman–Crippen MR) is 62.1 cm³/mol. The average molecular weight is 205 g/mol. The molecule has 1 aliphatic carbocycles. The molecule has 0 aromatic heterocycles. The van der Waals surface area contributed by atoms with E-state index in [0.29, 0.717) is 6.04 Å². The van der Waals surface area contributed by atoms with E-state index in [0.717, 1.165) is 17.6 Å². The van der Waals surface area contributed by atoms with Gasteiger partial charge in [-0.05, 0) is 31.4 Å². The van der Waals surface area contributed by atoms with Crippen molar-refractivity contribution in [2.75, 3.05) is 14.2 Å². The van der Waals surface area contributed by atoms with Gasteiger partial charge in [-0.25, -0.2) is 0 Å². The van der Waals surface area contributed by atoms with Gasteiger partial charge < -0.3 is 10.1 Å². The summed E-state index contributed by atoms with van der Waals surface area (Å²) in [5.74, 6) is 2.61. The summed E-state index contributed by atoms with van der Waals surface area (Å²) in [6, 6.07) is 8.73. The smallest absolute Gasteiger partial charge is 0.123 e. The minimum atomic E-state index is 0.441. The summed E-state index contributed by atoms with van der Waals surface area (Å²) in [7, 11) is 3.77. The number of benzene rings is 1. The predicted octanol–water partition coefficient (Wildman–Crippen LogP) is 2.61. The molecule has 2 heteroatoms. The Balaban J connectivity index is 2.25. The highest BCUT2D eigenvalue weighted by atomic mass is 16.5. The molecule has 3 atom stereocenters. The molecule has 1 aromatic carbocycles. The van der Waals surface area contributed by atoms with Crippen molar-refractivity contribution in [2.45, 2.75) is 19.4 Å². The fourth-order valence-electron chi connectivity index (χ4n) is 2.34. The van der Waals surface area contributed by atoms with Gasteiger partial charge in [0.1, 0.15) is 5.75 Å². The van der Waals surface area contributed by atoms with Crippen molar-refractivity contribution >= 4 is 0 Å². The van der Waals surface area contributed by atoms with Gasteiger partial charge in [0.05, 0.1) is 7.11 Å². The molecule has 1 N–H and O–H groups in total. The first-order valence-corrected chi connectivity index (χ1v) is 5.58. The number of para-hydroxylation sites is 1. The Morgan fingerprint density at radius 3 is 2.60 bits per heavy atom. The first-order valence-electron chi connectivity index (χ1n) is 5.58. The van der Waals surface area contributed by atoms with E-state index in [1.54, 1.807) is 7.11 Å². The highest BCUT2D eigenvalue weighted by Crippen LogP contribution is 2.48. The average Bonchev–Trinajstić information content (AvgIpc) is 2.97. The van der Waals surface area contributed by atoms with Crippen LogP contribution in [0.15, 0.2) is 24.3 Å². The molecule has 2 rings (SSSR count). The third-order valence-electron chi connectivity index (χ3n) is 3.38. The van der Waals surface area contributed by atoms with Gasteiger partial charge in [0.25, 0.3) is 0 Å². The lowest BCUT2D eigenvalue weighted by Gasteiger charge is -2.19. The highest BCUT2D eigenvalue weighted by Gasteiger charge is 2.40. The van der Waals surface area contributed by atoms with Gasteiger partial charge >= 0.3 is 0 Å².